The molecule has 0 saturated heterocycles. The van der Waals surface area contributed by atoms with Gasteiger partial charge in [-0.2, -0.15) is 0 Å². The Kier molecular flexibility index (Phi) is 4.22. The Labute approximate surface area is 130 Å². The molecule has 0 fully saturated rings. The van der Waals surface area contributed by atoms with Crippen LogP contribution in [-0.4, -0.2) is 16.2 Å². The minimum absolute atomic E-state index is 0.0140. The minimum Gasteiger partial charge on any atom is -0.349 e. The van der Waals surface area contributed by atoms with Crippen LogP contribution in [0.3, 0.4) is 0 Å². The number of rotatable bonds is 4. The highest BCUT2D eigenvalue weighted by atomic mass is 16.6. The van der Waals surface area contributed by atoms with E-state index in [4.69, 9.17) is 0 Å². The van der Waals surface area contributed by atoms with Gasteiger partial charge in [-0.15, -0.1) is 0 Å². The molecule has 2 aromatic rings. The SMILES string of the molecule is Cc1nonc1CC(=O)N[C@H](C)c1ccc2c(c1)CCCC2. The molecule has 0 radical (unpaired) electrons. The van der Waals surface area contributed by atoms with Crippen LogP contribution in [0.5, 0.6) is 0 Å². The summed E-state index contributed by atoms with van der Waals surface area (Å²) < 4.78 is 4.62. The van der Waals surface area contributed by atoms with Gasteiger partial charge in [-0.25, -0.2) is 4.63 Å². The molecule has 0 saturated carbocycles. The molecule has 1 amide bonds. The first-order valence-corrected chi connectivity index (χ1v) is 7.82. The molecule has 1 aliphatic carbocycles. The number of amides is 1. The third kappa shape index (κ3) is 3.18. The highest BCUT2D eigenvalue weighted by Gasteiger charge is 2.16. The van der Waals surface area contributed by atoms with Gasteiger partial charge in [0, 0.05) is 0 Å². The molecule has 1 N–H and O–H groups in total. The number of aromatic nitrogens is 2. The number of nitrogens with zero attached hydrogens (tertiary/aromatic N) is 2. The van der Waals surface area contributed by atoms with Crippen LogP contribution in [0.1, 0.15) is 53.9 Å². The second-order valence-corrected chi connectivity index (χ2v) is 6.00. The maximum atomic E-state index is 12.1. The third-order valence-corrected chi connectivity index (χ3v) is 4.32. The zero-order valence-corrected chi connectivity index (χ0v) is 13.1. The van der Waals surface area contributed by atoms with Gasteiger partial charge in [0.15, 0.2) is 0 Å². The van der Waals surface area contributed by atoms with E-state index < -0.39 is 0 Å². The van der Waals surface area contributed by atoms with E-state index in [0.717, 1.165) is 12.0 Å². The molecule has 0 unspecified atom stereocenters. The molecule has 1 aliphatic rings. The molecule has 0 bridgehead atoms. The van der Waals surface area contributed by atoms with E-state index in [1.54, 1.807) is 6.92 Å². The van der Waals surface area contributed by atoms with Gasteiger partial charge in [0.05, 0.1) is 12.5 Å². The lowest BCUT2D eigenvalue weighted by atomic mass is 9.89. The zero-order valence-electron chi connectivity index (χ0n) is 13.1. The predicted octanol–water partition coefficient (Wildman–Crippen LogP) is 2.68. The highest BCUT2D eigenvalue weighted by molar-refractivity contribution is 5.78. The average molecular weight is 299 g/mol. The Hall–Kier alpha value is -2.17. The summed E-state index contributed by atoms with van der Waals surface area (Å²) in [5, 5.41) is 10.5. The summed E-state index contributed by atoms with van der Waals surface area (Å²) in [4.78, 5) is 12.1. The van der Waals surface area contributed by atoms with Gasteiger partial charge >= 0.3 is 0 Å². The fraction of sp³-hybridized carbons (Fsp3) is 0.471. The molecule has 22 heavy (non-hydrogen) atoms. The number of carbonyl (C=O) groups excluding carboxylic acids is 1. The van der Waals surface area contributed by atoms with Crippen LogP contribution in [-0.2, 0) is 24.1 Å². The van der Waals surface area contributed by atoms with Crippen molar-refractivity contribution in [2.75, 3.05) is 0 Å². The van der Waals surface area contributed by atoms with Crippen molar-refractivity contribution in [3.8, 4) is 0 Å². The van der Waals surface area contributed by atoms with E-state index in [2.05, 4.69) is 38.5 Å². The van der Waals surface area contributed by atoms with Gasteiger partial charge in [0.1, 0.15) is 11.4 Å². The van der Waals surface area contributed by atoms with Crippen molar-refractivity contribution >= 4 is 5.91 Å². The van der Waals surface area contributed by atoms with E-state index in [9.17, 15) is 4.79 Å². The number of hydrogen-bond acceptors (Lipinski definition) is 4. The smallest absolute Gasteiger partial charge is 0.226 e. The van der Waals surface area contributed by atoms with Crippen molar-refractivity contribution < 1.29 is 9.42 Å². The first-order chi connectivity index (χ1) is 10.6. The van der Waals surface area contributed by atoms with Crippen molar-refractivity contribution in [3.05, 3.63) is 46.3 Å². The predicted molar refractivity (Wildman–Crippen MR) is 82.4 cm³/mol. The Morgan fingerprint density at radius 3 is 2.77 bits per heavy atom. The van der Waals surface area contributed by atoms with E-state index in [-0.39, 0.29) is 18.4 Å². The number of hydrogen-bond donors (Lipinski definition) is 1. The lowest BCUT2D eigenvalue weighted by Gasteiger charge is -2.20. The standard InChI is InChI=1S/C17H21N3O2/c1-11(18-17(21)10-16-12(2)19-22-20-16)14-8-7-13-5-3-4-6-15(13)9-14/h7-9,11H,3-6,10H2,1-2H3,(H,18,21)/t11-/m1/s1. The van der Waals surface area contributed by atoms with Crippen molar-refractivity contribution in [2.24, 2.45) is 0 Å². The van der Waals surface area contributed by atoms with Gasteiger partial charge < -0.3 is 5.32 Å². The van der Waals surface area contributed by atoms with Crippen LogP contribution in [0.4, 0.5) is 0 Å². The van der Waals surface area contributed by atoms with Crippen molar-refractivity contribution in [1.82, 2.24) is 15.6 Å². The van der Waals surface area contributed by atoms with Crippen LogP contribution in [0.15, 0.2) is 22.8 Å². The fourth-order valence-electron chi connectivity index (χ4n) is 2.96. The largest absolute Gasteiger partial charge is 0.349 e. The molecule has 116 valence electrons. The summed E-state index contributed by atoms with van der Waals surface area (Å²) in [5.41, 5.74) is 5.30. The van der Waals surface area contributed by atoms with Crippen LogP contribution in [0, 0.1) is 6.92 Å². The van der Waals surface area contributed by atoms with Crippen LogP contribution in [0.25, 0.3) is 0 Å². The van der Waals surface area contributed by atoms with E-state index >= 15 is 0 Å². The Bertz CT molecular complexity index is 678. The molecule has 3 rings (SSSR count). The first kappa shape index (κ1) is 14.8. The lowest BCUT2D eigenvalue weighted by molar-refractivity contribution is -0.121. The summed E-state index contributed by atoms with van der Waals surface area (Å²) in [5.74, 6) is -0.0657. The molecule has 5 nitrogen and oxygen atoms in total. The van der Waals surface area contributed by atoms with Crippen molar-refractivity contribution in [3.63, 3.8) is 0 Å². The van der Waals surface area contributed by atoms with E-state index in [0.29, 0.717) is 11.4 Å². The Morgan fingerprint density at radius 2 is 2.05 bits per heavy atom. The lowest BCUT2D eigenvalue weighted by Crippen LogP contribution is -2.28. The molecule has 1 aromatic heterocycles. The summed E-state index contributed by atoms with van der Waals surface area (Å²) in [7, 11) is 0. The molecular formula is C17H21N3O2. The molecule has 0 aliphatic heterocycles. The summed E-state index contributed by atoms with van der Waals surface area (Å²) in [6.45, 7) is 3.79. The van der Waals surface area contributed by atoms with Gasteiger partial charge in [0.2, 0.25) is 5.91 Å². The second-order valence-electron chi connectivity index (χ2n) is 6.00. The van der Waals surface area contributed by atoms with E-state index in [1.165, 1.54) is 30.4 Å². The number of carbonyl (C=O) groups is 1. The molecule has 1 heterocycles. The maximum Gasteiger partial charge on any atom is 0.226 e. The van der Waals surface area contributed by atoms with E-state index in [1.807, 2.05) is 6.92 Å². The quantitative estimate of drug-likeness (QED) is 0.942. The molecule has 1 atom stereocenters. The molecule has 5 heteroatoms. The van der Waals surface area contributed by atoms with Crippen LogP contribution in [0.2, 0.25) is 0 Å². The second kappa shape index (κ2) is 6.30. The topological polar surface area (TPSA) is 68.0 Å². The third-order valence-electron chi connectivity index (χ3n) is 4.32. The highest BCUT2D eigenvalue weighted by Crippen LogP contribution is 2.24. The monoisotopic (exact) mass is 299 g/mol. The number of fused-ring (bicyclic) bond motifs is 1. The normalized spacial score (nSPS) is 15.2. The van der Waals surface area contributed by atoms with Gasteiger partial charge in [-0.1, -0.05) is 28.5 Å². The zero-order chi connectivity index (χ0) is 15.5. The van der Waals surface area contributed by atoms with Crippen LogP contribution >= 0.6 is 0 Å². The Balaban J connectivity index is 1.65. The number of nitrogens with one attached hydrogen (secondary N) is 1. The molecule has 1 aromatic carbocycles. The Morgan fingerprint density at radius 1 is 1.27 bits per heavy atom. The fourth-order valence-corrected chi connectivity index (χ4v) is 2.96. The summed E-state index contributed by atoms with van der Waals surface area (Å²) >= 11 is 0. The minimum atomic E-state index is -0.0657. The summed E-state index contributed by atoms with van der Waals surface area (Å²) in [6.07, 6.45) is 5.06. The van der Waals surface area contributed by atoms with Crippen LogP contribution < -0.4 is 5.32 Å². The van der Waals surface area contributed by atoms with Crippen molar-refractivity contribution in [1.29, 1.82) is 0 Å². The van der Waals surface area contributed by atoms with Gasteiger partial charge in [-0.3, -0.25) is 4.79 Å². The first-order valence-electron chi connectivity index (χ1n) is 7.82. The van der Waals surface area contributed by atoms with Crippen molar-refractivity contribution in [2.45, 2.75) is 52.0 Å². The molecule has 0 spiro atoms. The summed E-state index contributed by atoms with van der Waals surface area (Å²) in [6, 6.07) is 6.55. The molecular weight excluding hydrogens is 278 g/mol. The van der Waals surface area contributed by atoms with Gasteiger partial charge in [-0.05, 0) is 56.2 Å². The number of aryl methyl sites for hydroxylation is 3. The average Bonchev–Trinajstić information content (AvgIpc) is 2.91. The number of benzene rings is 1. The van der Waals surface area contributed by atoms with Gasteiger partial charge in [0.25, 0.3) is 0 Å². The maximum absolute atomic E-state index is 12.1.